The number of halogens is 1. The van der Waals surface area contributed by atoms with Gasteiger partial charge in [0.1, 0.15) is 5.75 Å². The van der Waals surface area contributed by atoms with Gasteiger partial charge in [-0.2, -0.15) is 0 Å². The SMILES string of the molecule is COc1ccc2c(c1)[C@@H]1C[NH2+]C[C@@H]1CC2.[Cl-]. The summed E-state index contributed by atoms with van der Waals surface area (Å²) in [5.41, 5.74) is 3.10. The van der Waals surface area contributed by atoms with Gasteiger partial charge in [0.25, 0.3) is 0 Å². The first-order valence-electron chi connectivity index (χ1n) is 5.87. The summed E-state index contributed by atoms with van der Waals surface area (Å²) in [6.45, 7) is 2.59. The van der Waals surface area contributed by atoms with Crippen LogP contribution in [0.4, 0.5) is 0 Å². The van der Waals surface area contributed by atoms with Crippen LogP contribution >= 0.6 is 0 Å². The van der Waals surface area contributed by atoms with Gasteiger partial charge >= 0.3 is 0 Å². The molecule has 2 N–H and O–H groups in total. The number of hydrogen-bond donors (Lipinski definition) is 1. The van der Waals surface area contributed by atoms with Crippen LogP contribution in [0.5, 0.6) is 5.75 Å². The van der Waals surface area contributed by atoms with E-state index in [4.69, 9.17) is 4.74 Å². The number of methoxy groups -OCH3 is 1. The van der Waals surface area contributed by atoms with E-state index in [-0.39, 0.29) is 12.4 Å². The van der Waals surface area contributed by atoms with Crippen LogP contribution in [0.1, 0.15) is 23.5 Å². The smallest absolute Gasteiger partial charge is 0.119 e. The maximum Gasteiger partial charge on any atom is 0.119 e. The molecule has 1 aliphatic heterocycles. The summed E-state index contributed by atoms with van der Waals surface area (Å²) in [5, 5.41) is 2.46. The fourth-order valence-corrected chi connectivity index (χ4v) is 3.16. The van der Waals surface area contributed by atoms with Crippen molar-refractivity contribution in [3.8, 4) is 5.75 Å². The van der Waals surface area contributed by atoms with Crippen molar-refractivity contribution in [1.29, 1.82) is 0 Å². The van der Waals surface area contributed by atoms with E-state index in [0.29, 0.717) is 0 Å². The molecule has 1 aliphatic carbocycles. The van der Waals surface area contributed by atoms with Crippen molar-refractivity contribution >= 4 is 0 Å². The maximum atomic E-state index is 5.32. The van der Waals surface area contributed by atoms with Crippen LogP contribution in [-0.4, -0.2) is 20.2 Å². The van der Waals surface area contributed by atoms with Gasteiger partial charge < -0.3 is 22.5 Å². The third-order valence-corrected chi connectivity index (χ3v) is 4.00. The second-order valence-electron chi connectivity index (χ2n) is 4.73. The molecule has 3 rings (SSSR count). The Balaban J connectivity index is 0.000000963. The molecule has 0 saturated carbocycles. The molecule has 2 aliphatic rings. The minimum atomic E-state index is 0. The van der Waals surface area contributed by atoms with E-state index in [0.717, 1.165) is 17.6 Å². The fraction of sp³-hybridized carbons (Fsp3) is 0.538. The Morgan fingerprint density at radius 1 is 1.31 bits per heavy atom. The van der Waals surface area contributed by atoms with E-state index < -0.39 is 0 Å². The molecule has 0 spiro atoms. The van der Waals surface area contributed by atoms with Crippen molar-refractivity contribution in [3.05, 3.63) is 29.3 Å². The summed E-state index contributed by atoms with van der Waals surface area (Å²) in [5.74, 6) is 2.70. The minimum absolute atomic E-state index is 0. The van der Waals surface area contributed by atoms with Gasteiger partial charge in [-0.05, 0) is 36.1 Å². The number of aryl methyl sites for hydroxylation is 1. The fourth-order valence-electron chi connectivity index (χ4n) is 3.16. The summed E-state index contributed by atoms with van der Waals surface area (Å²) in [6.07, 6.45) is 2.63. The molecule has 1 saturated heterocycles. The number of nitrogens with two attached hydrogens (primary N) is 1. The van der Waals surface area contributed by atoms with Crippen LogP contribution in [0.3, 0.4) is 0 Å². The highest BCUT2D eigenvalue weighted by Gasteiger charge is 2.36. The second kappa shape index (κ2) is 4.64. The second-order valence-corrected chi connectivity index (χ2v) is 4.73. The van der Waals surface area contributed by atoms with E-state index in [2.05, 4.69) is 23.5 Å². The molecule has 1 fully saturated rings. The molecule has 1 aromatic carbocycles. The zero-order chi connectivity index (χ0) is 10.3. The molecule has 1 aromatic rings. The number of ether oxygens (including phenoxy) is 1. The first-order valence-corrected chi connectivity index (χ1v) is 5.87. The molecule has 0 amide bonds. The topological polar surface area (TPSA) is 25.8 Å². The van der Waals surface area contributed by atoms with Crippen LogP contribution in [-0.2, 0) is 6.42 Å². The maximum absolute atomic E-state index is 5.32. The number of fused-ring (bicyclic) bond motifs is 3. The Labute approximate surface area is 103 Å². The van der Waals surface area contributed by atoms with Crippen LogP contribution < -0.4 is 22.5 Å². The number of benzene rings is 1. The van der Waals surface area contributed by atoms with Gasteiger partial charge in [-0.25, -0.2) is 0 Å². The lowest BCUT2D eigenvalue weighted by molar-refractivity contribution is -0.638. The van der Waals surface area contributed by atoms with E-state index in [1.165, 1.54) is 25.9 Å². The largest absolute Gasteiger partial charge is 1.00 e. The van der Waals surface area contributed by atoms with Gasteiger partial charge in [0, 0.05) is 11.8 Å². The highest BCUT2D eigenvalue weighted by atomic mass is 35.5. The van der Waals surface area contributed by atoms with Crippen LogP contribution in [0.15, 0.2) is 18.2 Å². The Hall–Kier alpha value is -0.730. The molecular formula is C13H18ClNO. The molecular weight excluding hydrogens is 222 g/mol. The van der Waals surface area contributed by atoms with E-state index in [1.54, 1.807) is 18.2 Å². The molecule has 0 unspecified atom stereocenters. The van der Waals surface area contributed by atoms with Crippen molar-refractivity contribution < 1.29 is 22.5 Å². The Morgan fingerprint density at radius 3 is 3.00 bits per heavy atom. The average Bonchev–Trinajstić information content (AvgIpc) is 2.76. The number of quaternary nitrogens is 1. The van der Waals surface area contributed by atoms with Gasteiger partial charge in [0.15, 0.2) is 0 Å². The van der Waals surface area contributed by atoms with Gasteiger partial charge in [0.05, 0.1) is 20.2 Å². The monoisotopic (exact) mass is 239 g/mol. The molecule has 0 radical (unpaired) electrons. The zero-order valence-electron chi connectivity index (χ0n) is 9.58. The van der Waals surface area contributed by atoms with E-state index in [9.17, 15) is 0 Å². The lowest BCUT2D eigenvalue weighted by Gasteiger charge is -2.25. The molecule has 2 atom stereocenters. The minimum Gasteiger partial charge on any atom is -1.00 e. The Bertz CT molecular complexity index is 380. The van der Waals surface area contributed by atoms with Gasteiger partial charge in [-0.15, -0.1) is 0 Å². The van der Waals surface area contributed by atoms with Crippen LogP contribution in [0.25, 0.3) is 0 Å². The molecule has 16 heavy (non-hydrogen) atoms. The van der Waals surface area contributed by atoms with Gasteiger partial charge in [-0.3, -0.25) is 0 Å². The first-order chi connectivity index (χ1) is 7.38. The van der Waals surface area contributed by atoms with Crippen molar-refractivity contribution in [1.82, 2.24) is 0 Å². The van der Waals surface area contributed by atoms with Gasteiger partial charge in [-0.1, -0.05) is 6.07 Å². The summed E-state index contributed by atoms with van der Waals surface area (Å²) < 4.78 is 5.32. The summed E-state index contributed by atoms with van der Waals surface area (Å²) >= 11 is 0. The predicted molar refractivity (Wildman–Crippen MR) is 59.2 cm³/mol. The molecule has 2 nitrogen and oxygen atoms in total. The van der Waals surface area contributed by atoms with Crippen molar-refractivity contribution in [3.63, 3.8) is 0 Å². The summed E-state index contributed by atoms with van der Waals surface area (Å²) in [4.78, 5) is 0. The van der Waals surface area contributed by atoms with Gasteiger partial charge in [0.2, 0.25) is 0 Å². The number of rotatable bonds is 1. The summed E-state index contributed by atoms with van der Waals surface area (Å²) in [7, 11) is 1.75. The third-order valence-electron chi connectivity index (χ3n) is 4.00. The Kier molecular flexibility index (Phi) is 3.41. The number of hydrogen-bond acceptors (Lipinski definition) is 1. The molecule has 88 valence electrons. The lowest BCUT2D eigenvalue weighted by Crippen LogP contribution is -3.00. The van der Waals surface area contributed by atoms with Crippen LogP contribution in [0, 0.1) is 5.92 Å². The lowest BCUT2D eigenvalue weighted by atomic mass is 9.77. The average molecular weight is 240 g/mol. The zero-order valence-corrected chi connectivity index (χ0v) is 10.3. The highest BCUT2D eigenvalue weighted by molar-refractivity contribution is 5.40. The Morgan fingerprint density at radius 2 is 2.19 bits per heavy atom. The van der Waals surface area contributed by atoms with Crippen LogP contribution in [0.2, 0.25) is 0 Å². The normalized spacial score (nSPS) is 26.6. The standard InChI is InChI=1S/C13H17NO.ClH/c1-15-11-5-4-9-2-3-10-7-14-8-13(10)12(9)6-11;/h4-6,10,13-14H,2-3,7-8H2,1H3;1H/t10-,13+;/m0./s1. The van der Waals surface area contributed by atoms with Crippen molar-refractivity contribution in [2.24, 2.45) is 5.92 Å². The van der Waals surface area contributed by atoms with E-state index in [1.807, 2.05) is 0 Å². The quantitative estimate of drug-likeness (QED) is 0.599. The van der Waals surface area contributed by atoms with E-state index >= 15 is 0 Å². The molecule has 1 heterocycles. The molecule has 0 bridgehead atoms. The predicted octanol–water partition coefficient (Wildman–Crippen LogP) is -2.08. The molecule has 0 aromatic heterocycles. The summed E-state index contributed by atoms with van der Waals surface area (Å²) in [6, 6.07) is 6.60. The van der Waals surface area contributed by atoms with Crippen molar-refractivity contribution in [2.45, 2.75) is 18.8 Å². The highest BCUT2D eigenvalue weighted by Crippen LogP contribution is 2.38. The molecule has 3 heteroatoms. The third kappa shape index (κ3) is 1.80. The first kappa shape index (κ1) is 11.7. The van der Waals surface area contributed by atoms with Crippen molar-refractivity contribution in [2.75, 3.05) is 20.2 Å².